The molecule has 2 heterocycles. The van der Waals surface area contributed by atoms with E-state index < -0.39 is 18.8 Å². The fraction of sp³-hybridized carbons (Fsp3) is 0.435. The van der Waals surface area contributed by atoms with E-state index in [1.807, 2.05) is 0 Å². The Bertz CT molecular complexity index is 1130. The molecule has 3 aromatic rings. The van der Waals surface area contributed by atoms with Crippen LogP contribution in [-0.2, 0) is 16.7 Å². The first kappa shape index (κ1) is 24.3. The Morgan fingerprint density at radius 3 is 2.45 bits per heavy atom. The number of fused-ring (bicyclic) bond motifs is 1. The van der Waals surface area contributed by atoms with E-state index in [1.54, 1.807) is 25.1 Å². The summed E-state index contributed by atoms with van der Waals surface area (Å²) in [5.74, 6) is -0.312. The van der Waals surface area contributed by atoms with E-state index in [4.69, 9.17) is 27.9 Å². The summed E-state index contributed by atoms with van der Waals surface area (Å²) in [6.45, 7) is 2.37. The number of halogens is 6. The highest BCUT2D eigenvalue weighted by Crippen LogP contribution is 2.38. The van der Waals surface area contributed by atoms with Gasteiger partial charge in [0.05, 0.1) is 18.2 Å². The number of alkyl halides is 3. The second-order valence-electron chi connectivity index (χ2n) is 8.45. The zero-order valence-corrected chi connectivity index (χ0v) is 19.4. The Morgan fingerprint density at radius 2 is 1.82 bits per heavy atom. The number of hydrogen-bond donors (Lipinski definition) is 1. The first-order valence-corrected chi connectivity index (χ1v) is 11.3. The van der Waals surface area contributed by atoms with Crippen molar-refractivity contribution in [2.24, 2.45) is 0 Å². The van der Waals surface area contributed by atoms with Crippen LogP contribution in [0.15, 0.2) is 36.4 Å². The molecular formula is C23H23Cl2F4N3O. The third-order valence-electron chi connectivity index (χ3n) is 6.19. The van der Waals surface area contributed by atoms with Gasteiger partial charge in [-0.15, -0.1) is 0 Å². The van der Waals surface area contributed by atoms with E-state index in [1.165, 1.54) is 18.2 Å². The lowest BCUT2D eigenvalue weighted by Gasteiger charge is -2.39. The summed E-state index contributed by atoms with van der Waals surface area (Å²) in [6.07, 6.45) is -3.48. The molecule has 1 saturated heterocycles. The van der Waals surface area contributed by atoms with Crippen LogP contribution in [0.5, 0.6) is 0 Å². The molecule has 33 heavy (non-hydrogen) atoms. The van der Waals surface area contributed by atoms with E-state index in [9.17, 15) is 17.6 Å². The summed E-state index contributed by atoms with van der Waals surface area (Å²) < 4.78 is 60.1. The molecule has 10 heteroatoms. The largest absolute Gasteiger partial charge is 0.408 e. The molecular weight excluding hydrogens is 481 g/mol. The summed E-state index contributed by atoms with van der Waals surface area (Å²) >= 11 is 12.4. The van der Waals surface area contributed by atoms with E-state index in [2.05, 4.69) is 10.4 Å². The molecule has 1 fully saturated rings. The SMILES string of the molecule is C[C@@H](OCC1(c2ccc(F)cc2)CCNCC1)c1cc(Cl)cc2c(Cl)nn(CC(F)(F)F)c12. The Kier molecular flexibility index (Phi) is 6.92. The second-order valence-corrected chi connectivity index (χ2v) is 9.24. The third kappa shape index (κ3) is 5.29. The van der Waals surface area contributed by atoms with Crippen LogP contribution in [0.4, 0.5) is 17.6 Å². The summed E-state index contributed by atoms with van der Waals surface area (Å²) in [5.41, 5.74) is 1.35. The van der Waals surface area contributed by atoms with Gasteiger partial charge in [-0.1, -0.05) is 35.3 Å². The van der Waals surface area contributed by atoms with Crippen LogP contribution < -0.4 is 5.32 Å². The minimum absolute atomic E-state index is 0.0497. The molecule has 1 atom stereocenters. The van der Waals surface area contributed by atoms with Gasteiger partial charge in [-0.2, -0.15) is 18.3 Å². The predicted octanol–water partition coefficient (Wildman–Crippen LogP) is 6.44. The number of nitrogens with zero attached hydrogens (tertiary/aromatic N) is 2. The van der Waals surface area contributed by atoms with Gasteiger partial charge in [-0.25, -0.2) is 4.39 Å². The predicted molar refractivity (Wildman–Crippen MR) is 120 cm³/mol. The number of piperidine rings is 1. The highest BCUT2D eigenvalue weighted by atomic mass is 35.5. The molecule has 0 spiro atoms. The molecule has 1 N–H and O–H groups in total. The Balaban J connectivity index is 1.66. The first-order valence-electron chi connectivity index (χ1n) is 10.6. The Morgan fingerprint density at radius 1 is 1.15 bits per heavy atom. The van der Waals surface area contributed by atoms with E-state index in [-0.39, 0.29) is 21.9 Å². The summed E-state index contributed by atoms with van der Waals surface area (Å²) in [6, 6.07) is 9.49. The van der Waals surface area contributed by atoms with Crippen molar-refractivity contribution in [3.8, 4) is 0 Å². The van der Waals surface area contributed by atoms with Crippen LogP contribution >= 0.6 is 23.2 Å². The number of rotatable bonds is 6. The summed E-state index contributed by atoms with van der Waals surface area (Å²) in [4.78, 5) is 0. The molecule has 1 aliphatic heterocycles. The van der Waals surface area contributed by atoms with Crippen molar-refractivity contribution in [1.29, 1.82) is 0 Å². The van der Waals surface area contributed by atoms with Crippen molar-refractivity contribution in [2.75, 3.05) is 19.7 Å². The van der Waals surface area contributed by atoms with Crippen molar-refractivity contribution in [3.05, 3.63) is 63.5 Å². The summed E-state index contributed by atoms with van der Waals surface area (Å²) in [7, 11) is 0. The van der Waals surface area contributed by atoms with Crippen molar-refractivity contribution < 1.29 is 22.3 Å². The molecule has 0 amide bonds. The zero-order valence-electron chi connectivity index (χ0n) is 17.9. The third-order valence-corrected chi connectivity index (χ3v) is 6.68. The lowest BCUT2D eigenvalue weighted by Crippen LogP contribution is -2.43. The first-order chi connectivity index (χ1) is 15.6. The van der Waals surface area contributed by atoms with Gasteiger partial charge in [0.15, 0.2) is 5.15 Å². The van der Waals surface area contributed by atoms with Crippen LogP contribution in [0.25, 0.3) is 10.9 Å². The van der Waals surface area contributed by atoms with E-state index in [0.717, 1.165) is 36.2 Å². The molecule has 0 saturated carbocycles. The highest BCUT2D eigenvalue weighted by molar-refractivity contribution is 6.36. The van der Waals surface area contributed by atoms with Gasteiger partial charge in [0.2, 0.25) is 0 Å². The molecule has 4 nitrogen and oxygen atoms in total. The maximum Gasteiger partial charge on any atom is 0.408 e. The van der Waals surface area contributed by atoms with Crippen molar-refractivity contribution >= 4 is 34.1 Å². The average molecular weight is 504 g/mol. The van der Waals surface area contributed by atoms with Gasteiger partial charge in [-0.05, 0) is 62.7 Å². The average Bonchev–Trinajstić information content (AvgIpc) is 3.06. The molecule has 2 aromatic carbocycles. The number of hydrogen-bond acceptors (Lipinski definition) is 3. The maximum absolute atomic E-state index is 13.5. The topological polar surface area (TPSA) is 39.1 Å². The minimum atomic E-state index is -4.47. The van der Waals surface area contributed by atoms with Crippen molar-refractivity contribution in [1.82, 2.24) is 15.1 Å². The van der Waals surface area contributed by atoms with Crippen molar-refractivity contribution in [2.45, 2.75) is 44.0 Å². The van der Waals surface area contributed by atoms with Gasteiger partial charge in [-0.3, -0.25) is 4.68 Å². The Labute approximate surface area is 198 Å². The number of ether oxygens (including phenoxy) is 1. The van der Waals surface area contributed by atoms with Crippen LogP contribution in [0.2, 0.25) is 10.2 Å². The van der Waals surface area contributed by atoms with Crippen molar-refractivity contribution in [3.63, 3.8) is 0 Å². The molecule has 0 radical (unpaired) electrons. The quantitative estimate of drug-likeness (QED) is 0.393. The standard InChI is InChI=1S/C23H23Cl2F4N3O/c1-14(33-13-22(6-8-30-9-7-22)15-2-4-17(26)5-3-15)18-10-16(24)11-19-20(18)32(31-21(19)25)12-23(27,28)29/h2-5,10-11,14,30H,6-9,12-13H2,1H3/t14-/m1/s1. The van der Waals surface area contributed by atoms with Gasteiger partial charge in [0.1, 0.15) is 12.4 Å². The van der Waals surface area contributed by atoms with Crippen LogP contribution in [-0.4, -0.2) is 35.7 Å². The molecule has 1 aliphatic rings. The number of nitrogens with one attached hydrogen (secondary N) is 1. The monoisotopic (exact) mass is 503 g/mol. The van der Waals surface area contributed by atoms with Crippen LogP contribution in [0.1, 0.15) is 37.0 Å². The van der Waals surface area contributed by atoms with Gasteiger partial charge in [0, 0.05) is 21.4 Å². The molecule has 1 aromatic heterocycles. The van der Waals surface area contributed by atoms with E-state index in [0.29, 0.717) is 22.6 Å². The van der Waals surface area contributed by atoms with Gasteiger partial charge in [0.25, 0.3) is 0 Å². The maximum atomic E-state index is 13.5. The number of benzene rings is 2. The second kappa shape index (κ2) is 9.41. The molecule has 0 aliphatic carbocycles. The molecule has 178 valence electrons. The lowest BCUT2D eigenvalue weighted by atomic mass is 9.74. The van der Waals surface area contributed by atoms with Crippen LogP contribution in [0, 0.1) is 5.82 Å². The van der Waals surface area contributed by atoms with Gasteiger partial charge >= 0.3 is 6.18 Å². The van der Waals surface area contributed by atoms with Gasteiger partial charge < -0.3 is 10.1 Å². The number of aromatic nitrogens is 2. The molecule has 0 bridgehead atoms. The lowest BCUT2D eigenvalue weighted by molar-refractivity contribution is -0.141. The van der Waals surface area contributed by atoms with Crippen LogP contribution in [0.3, 0.4) is 0 Å². The smallest absolute Gasteiger partial charge is 0.373 e. The highest BCUT2D eigenvalue weighted by Gasteiger charge is 2.36. The van der Waals surface area contributed by atoms with E-state index >= 15 is 0 Å². The Hall–Kier alpha value is -1.87. The molecule has 4 rings (SSSR count). The summed E-state index contributed by atoms with van der Waals surface area (Å²) in [5, 5.41) is 7.83. The zero-order chi connectivity index (χ0) is 23.8. The minimum Gasteiger partial charge on any atom is -0.373 e. The fourth-order valence-electron chi connectivity index (χ4n) is 4.47. The molecule has 0 unspecified atom stereocenters. The fourth-order valence-corrected chi connectivity index (χ4v) is 4.93. The normalized spacial score (nSPS) is 17.4.